The molecule has 0 heterocycles. The van der Waals surface area contributed by atoms with Crippen molar-refractivity contribution >= 4 is 28.7 Å². The molecule has 0 aromatic heterocycles. The largest absolute Gasteiger partial charge is 0.378 e. The lowest BCUT2D eigenvalue weighted by atomic mass is 9.84. The van der Waals surface area contributed by atoms with Crippen LogP contribution in [-0.4, -0.2) is 33.1 Å². The Morgan fingerprint density at radius 2 is 1.50 bits per heavy atom. The minimum atomic E-state index is -0.383. The topological polar surface area (TPSA) is 49.6 Å². The van der Waals surface area contributed by atoms with E-state index in [-0.39, 0.29) is 16.5 Å². The first-order chi connectivity index (χ1) is 14.2. The number of nitro benzene ring substituents is 1. The monoisotopic (exact) mass is 423 g/mol. The van der Waals surface area contributed by atoms with Crippen molar-refractivity contribution in [3.8, 4) is 0 Å². The number of nitro groups is 1. The molecule has 0 amide bonds. The highest BCUT2D eigenvalue weighted by molar-refractivity contribution is 6.31. The fourth-order valence-corrected chi connectivity index (χ4v) is 3.97. The zero-order valence-electron chi connectivity index (χ0n) is 17.9. The van der Waals surface area contributed by atoms with Crippen LogP contribution in [0.15, 0.2) is 60.7 Å². The minimum Gasteiger partial charge on any atom is -0.378 e. The summed E-state index contributed by atoms with van der Waals surface area (Å²) >= 11 is 6.56. The lowest BCUT2D eigenvalue weighted by molar-refractivity contribution is -0.384. The first kappa shape index (κ1) is 21.7. The minimum absolute atomic E-state index is 0.0333. The molecule has 3 aromatic rings. The van der Waals surface area contributed by atoms with Crippen LogP contribution in [0.3, 0.4) is 0 Å². The Hall–Kier alpha value is -3.05. The van der Waals surface area contributed by atoms with E-state index in [0.717, 1.165) is 33.6 Å². The molecule has 0 bridgehead atoms. The number of halogens is 1. The third kappa shape index (κ3) is 4.41. The Morgan fingerprint density at radius 1 is 0.867 bits per heavy atom. The van der Waals surface area contributed by atoms with Gasteiger partial charge in [0.1, 0.15) is 0 Å². The average molecular weight is 424 g/mol. The summed E-state index contributed by atoms with van der Waals surface area (Å²) in [6, 6.07) is 19.1. The summed E-state index contributed by atoms with van der Waals surface area (Å²) in [7, 11) is 8.01. The van der Waals surface area contributed by atoms with Gasteiger partial charge in [-0.05, 0) is 53.4 Å². The maximum atomic E-state index is 11.4. The van der Waals surface area contributed by atoms with Gasteiger partial charge >= 0.3 is 0 Å². The van der Waals surface area contributed by atoms with E-state index in [2.05, 4.69) is 54.3 Å². The zero-order valence-corrected chi connectivity index (χ0v) is 18.6. The van der Waals surface area contributed by atoms with Crippen LogP contribution in [0.25, 0.3) is 0 Å². The van der Waals surface area contributed by atoms with Gasteiger partial charge in [-0.1, -0.05) is 35.9 Å². The molecule has 0 N–H and O–H groups in total. The Labute approximate surface area is 182 Å². The van der Waals surface area contributed by atoms with Crippen LogP contribution < -0.4 is 9.80 Å². The molecule has 0 aliphatic heterocycles. The van der Waals surface area contributed by atoms with E-state index >= 15 is 0 Å². The fourth-order valence-electron chi connectivity index (χ4n) is 3.74. The summed E-state index contributed by atoms with van der Waals surface area (Å²) in [5.74, 6) is -0.219. The molecule has 1 unspecified atom stereocenters. The maximum absolute atomic E-state index is 11.4. The predicted molar refractivity (Wildman–Crippen MR) is 125 cm³/mol. The summed E-state index contributed by atoms with van der Waals surface area (Å²) in [5, 5.41) is 11.9. The molecule has 6 heteroatoms. The van der Waals surface area contributed by atoms with Crippen LogP contribution in [0.4, 0.5) is 17.1 Å². The molecular formula is C24H26ClN3O2. The SMILES string of the molecule is Cc1cc(C(c2ccc(N(C)C)cc2)c2cc([N+](=O)[O-])ccc2Cl)ccc1N(C)C. The van der Waals surface area contributed by atoms with Crippen LogP contribution in [-0.2, 0) is 0 Å². The van der Waals surface area contributed by atoms with Crippen LogP contribution >= 0.6 is 11.6 Å². The number of non-ortho nitro benzene ring substituents is 1. The third-order valence-corrected chi connectivity index (χ3v) is 5.62. The molecule has 0 saturated heterocycles. The fraction of sp³-hybridized carbons (Fsp3) is 0.250. The first-order valence-corrected chi connectivity index (χ1v) is 10.1. The first-order valence-electron chi connectivity index (χ1n) is 9.68. The van der Waals surface area contributed by atoms with Crippen molar-refractivity contribution in [2.45, 2.75) is 12.8 Å². The number of rotatable bonds is 6. The second-order valence-electron chi connectivity index (χ2n) is 7.82. The van der Waals surface area contributed by atoms with Crippen LogP contribution in [0.5, 0.6) is 0 Å². The van der Waals surface area contributed by atoms with Gasteiger partial charge in [-0.25, -0.2) is 0 Å². The van der Waals surface area contributed by atoms with Crippen LogP contribution in [0, 0.1) is 17.0 Å². The molecule has 1 atom stereocenters. The van der Waals surface area contributed by atoms with Crippen molar-refractivity contribution in [3.63, 3.8) is 0 Å². The summed E-state index contributed by atoms with van der Waals surface area (Å²) in [6.07, 6.45) is 0. The molecular weight excluding hydrogens is 398 g/mol. The van der Waals surface area contributed by atoms with Crippen molar-refractivity contribution in [2.24, 2.45) is 0 Å². The quantitative estimate of drug-likeness (QED) is 0.282. The zero-order chi connectivity index (χ0) is 22.0. The van der Waals surface area contributed by atoms with E-state index in [9.17, 15) is 10.1 Å². The smallest absolute Gasteiger partial charge is 0.269 e. The van der Waals surface area contributed by atoms with E-state index < -0.39 is 0 Å². The Morgan fingerprint density at radius 3 is 2.03 bits per heavy atom. The number of hydrogen-bond donors (Lipinski definition) is 0. The molecule has 0 radical (unpaired) electrons. The van der Waals surface area contributed by atoms with Gasteiger partial charge in [0.05, 0.1) is 4.92 Å². The highest BCUT2D eigenvalue weighted by Gasteiger charge is 2.23. The number of anilines is 2. The molecule has 0 aliphatic rings. The van der Waals surface area contributed by atoms with Gasteiger partial charge in [0.25, 0.3) is 5.69 Å². The highest BCUT2D eigenvalue weighted by atomic mass is 35.5. The number of benzene rings is 3. The van der Waals surface area contributed by atoms with Gasteiger partial charge in [0.2, 0.25) is 0 Å². The second-order valence-corrected chi connectivity index (χ2v) is 8.23. The summed E-state index contributed by atoms with van der Waals surface area (Å²) in [6.45, 7) is 2.07. The van der Waals surface area contributed by atoms with E-state index in [4.69, 9.17) is 11.6 Å². The van der Waals surface area contributed by atoms with Crippen molar-refractivity contribution in [2.75, 3.05) is 38.0 Å². The summed E-state index contributed by atoms with van der Waals surface area (Å²) in [4.78, 5) is 15.1. The van der Waals surface area contributed by atoms with E-state index in [1.807, 2.05) is 33.1 Å². The van der Waals surface area contributed by atoms with E-state index in [0.29, 0.717) is 5.02 Å². The van der Waals surface area contributed by atoms with E-state index in [1.165, 1.54) is 6.07 Å². The molecule has 0 aliphatic carbocycles. The summed E-state index contributed by atoms with van der Waals surface area (Å²) < 4.78 is 0. The Kier molecular flexibility index (Phi) is 6.32. The van der Waals surface area contributed by atoms with Crippen molar-refractivity contribution in [1.29, 1.82) is 0 Å². The average Bonchev–Trinajstić information content (AvgIpc) is 2.69. The molecule has 5 nitrogen and oxygen atoms in total. The van der Waals surface area contributed by atoms with Gasteiger partial charge in [-0.3, -0.25) is 10.1 Å². The number of nitrogens with zero attached hydrogens (tertiary/aromatic N) is 3. The highest BCUT2D eigenvalue weighted by Crippen LogP contribution is 2.39. The van der Waals surface area contributed by atoms with Crippen molar-refractivity contribution < 1.29 is 4.92 Å². The Balaban J connectivity index is 2.21. The van der Waals surface area contributed by atoms with Crippen LogP contribution in [0.1, 0.15) is 28.2 Å². The normalized spacial score (nSPS) is 11.8. The van der Waals surface area contributed by atoms with Crippen molar-refractivity contribution in [1.82, 2.24) is 0 Å². The van der Waals surface area contributed by atoms with Crippen molar-refractivity contribution in [3.05, 3.63) is 98.1 Å². The van der Waals surface area contributed by atoms with Gasteiger partial charge in [-0.2, -0.15) is 0 Å². The summed E-state index contributed by atoms with van der Waals surface area (Å²) in [5.41, 5.74) is 6.17. The Bertz CT molecular complexity index is 1060. The van der Waals surface area contributed by atoms with Gasteiger partial charge in [0, 0.05) is 62.6 Å². The second kappa shape index (κ2) is 8.76. The molecule has 3 aromatic carbocycles. The maximum Gasteiger partial charge on any atom is 0.269 e. The predicted octanol–water partition coefficient (Wildman–Crippen LogP) is 5.87. The lowest BCUT2D eigenvalue weighted by Gasteiger charge is -2.23. The lowest BCUT2D eigenvalue weighted by Crippen LogP contribution is -2.12. The number of hydrogen-bond acceptors (Lipinski definition) is 4. The molecule has 3 rings (SSSR count). The molecule has 30 heavy (non-hydrogen) atoms. The third-order valence-electron chi connectivity index (χ3n) is 5.28. The number of aryl methyl sites for hydroxylation is 1. The van der Waals surface area contributed by atoms with E-state index in [1.54, 1.807) is 12.1 Å². The molecule has 0 fully saturated rings. The van der Waals surface area contributed by atoms with Gasteiger partial charge in [-0.15, -0.1) is 0 Å². The van der Waals surface area contributed by atoms with Crippen LogP contribution in [0.2, 0.25) is 5.02 Å². The van der Waals surface area contributed by atoms with Gasteiger partial charge in [0.15, 0.2) is 0 Å². The van der Waals surface area contributed by atoms with Gasteiger partial charge < -0.3 is 9.80 Å². The molecule has 0 spiro atoms. The molecule has 0 saturated carbocycles. The standard InChI is InChI=1S/C24H26ClN3O2/c1-16-14-18(8-13-23(16)27(4)5)24(17-6-9-19(10-7-17)26(2)3)21-15-20(28(29)30)11-12-22(21)25/h6-15,24H,1-5H3. The molecule has 156 valence electrons.